The fraction of sp³-hybridized carbons (Fsp3) is 0.417. The normalized spacial score (nSPS) is 10.6. The quantitative estimate of drug-likeness (QED) is 0.613. The van der Waals surface area contributed by atoms with Gasteiger partial charge in [0.05, 0.1) is 12.2 Å². The first-order valence-electron chi connectivity index (χ1n) is 5.31. The lowest BCUT2D eigenvalue weighted by Crippen LogP contribution is -2.10. The van der Waals surface area contributed by atoms with E-state index in [4.69, 9.17) is 4.74 Å². The predicted molar refractivity (Wildman–Crippen MR) is 66.4 cm³/mol. The topological polar surface area (TPSA) is 35.5 Å². The van der Waals surface area contributed by atoms with Gasteiger partial charge >= 0.3 is 12.6 Å². The average Bonchev–Trinajstić information content (AvgIpc) is 2.28. The summed E-state index contributed by atoms with van der Waals surface area (Å²) in [6.07, 6.45) is 0. The monoisotopic (exact) mass is 322 g/mol. The molecule has 0 amide bonds. The lowest BCUT2D eigenvalue weighted by atomic mass is 10.0. The number of hydrogen-bond acceptors (Lipinski definition) is 3. The van der Waals surface area contributed by atoms with E-state index in [2.05, 4.69) is 20.7 Å². The van der Waals surface area contributed by atoms with Gasteiger partial charge in [0.15, 0.2) is 0 Å². The maximum atomic E-state index is 12.2. The summed E-state index contributed by atoms with van der Waals surface area (Å²) >= 11 is 3.17. The van der Waals surface area contributed by atoms with E-state index >= 15 is 0 Å². The number of hydrogen-bond donors (Lipinski definition) is 0. The molecule has 1 rings (SSSR count). The van der Waals surface area contributed by atoms with Crippen molar-refractivity contribution in [2.24, 2.45) is 0 Å². The van der Waals surface area contributed by atoms with Crippen molar-refractivity contribution in [3.63, 3.8) is 0 Å². The van der Waals surface area contributed by atoms with Crippen LogP contribution < -0.4 is 4.74 Å². The molecule has 6 heteroatoms. The summed E-state index contributed by atoms with van der Waals surface area (Å²) in [4.78, 5) is 11.6. The lowest BCUT2D eigenvalue weighted by Gasteiger charge is -2.13. The van der Waals surface area contributed by atoms with Crippen LogP contribution in [0.15, 0.2) is 12.1 Å². The smallest absolute Gasteiger partial charge is 0.387 e. The fourth-order valence-electron chi connectivity index (χ4n) is 1.47. The minimum absolute atomic E-state index is 0.0624. The van der Waals surface area contributed by atoms with E-state index in [0.717, 1.165) is 0 Å². The molecule has 0 fully saturated rings. The van der Waals surface area contributed by atoms with E-state index in [1.165, 1.54) is 12.1 Å². The maximum absolute atomic E-state index is 12.2. The second-order valence-electron chi connectivity index (χ2n) is 3.51. The molecule has 100 valence electrons. The van der Waals surface area contributed by atoms with Crippen molar-refractivity contribution >= 4 is 21.9 Å². The van der Waals surface area contributed by atoms with E-state index < -0.39 is 12.6 Å². The largest absolute Gasteiger partial charge is 0.462 e. The molecule has 0 spiro atoms. The molecule has 0 bridgehead atoms. The molecule has 1 aromatic carbocycles. The summed E-state index contributed by atoms with van der Waals surface area (Å²) in [6, 6.07) is 2.91. The van der Waals surface area contributed by atoms with Crippen molar-refractivity contribution in [3.05, 3.63) is 28.8 Å². The zero-order valence-electron chi connectivity index (χ0n) is 10.0. The van der Waals surface area contributed by atoms with E-state index in [1.54, 1.807) is 13.8 Å². The number of ether oxygens (including phenoxy) is 2. The molecule has 0 aliphatic heterocycles. The van der Waals surface area contributed by atoms with Gasteiger partial charge in [0, 0.05) is 10.9 Å². The molecule has 0 atom stereocenters. The average molecular weight is 323 g/mol. The molecule has 0 aliphatic carbocycles. The molecule has 0 aliphatic rings. The van der Waals surface area contributed by atoms with Gasteiger partial charge in [0.1, 0.15) is 5.75 Å². The third-order valence-corrected chi connectivity index (χ3v) is 2.87. The Bertz CT molecular complexity index is 436. The van der Waals surface area contributed by atoms with Crippen molar-refractivity contribution in [2.45, 2.75) is 25.8 Å². The number of benzene rings is 1. The van der Waals surface area contributed by atoms with Crippen LogP contribution in [0.5, 0.6) is 5.75 Å². The third kappa shape index (κ3) is 3.66. The van der Waals surface area contributed by atoms with Crippen LogP contribution in [-0.4, -0.2) is 19.2 Å². The van der Waals surface area contributed by atoms with Gasteiger partial charge in [-0.2, -0.15) is 8.78 Å². The Morgan fingerprint density at radius 2 is 2.11 bits per heavy atom. The Labute approximate surface area is 112 Å². The van der Waals surface area contributed by atoms with Crippen molar-refractivity contribution in [3.8, 4) is 5.75 Å². The van der Waals surface area contributed by atoms with Gasteiger partial charge in [-0.1, -0.05) is 15.9 Å². The molecule has 0 saturated carbocycles. The minimum atomic E-state index is -2.89. The summed E-state index contributed by atoms with van der Waals surface area (Å²) in [5.74, 6) is -0.409. The molecule has 0 radical (unpaired) electrons. The van der Waals surface area contributed by atoms with Gasteiger partial charge in [-0.25, -0.2) is 4.79 Å². The van der Waals surface area contributed by atoms with Crippen LogP contribution in [0.1, 0.15) is 28.4 Å². The summed E-state index contributed by atoms with van der Waals surface area (Å²) in [6.45, 7) is 0.711. The fourth-order valence-corrected chi connectivity index (χ4v) is 1.90. The van der Waals surface area contributed by atoms with Crippen LogP contribution >= 0.6 is 15.9 Å². The second-order valence-corrected chi connectivity index (χ2v) is 4.07. The maximum Gasteiger partial charge on any atom is 0.387 e. The highest BCUT2D eigenvalue weighted by Crippen LogP contribution is 2.27. The van der Waals surface area contributed by atoms with E-state index in [1.807, 2.05) is 0 Å². The van der Waals surface area contributed by atoms with Crippen LogP contribution in [0.4, 0.5) is 8.78 Å². The Balaban J connectivity index is 3.13. The van der Waals surface area contributed by atoms with Crippen LogP contribution in [0.2, 0.25) is 0 Å². The molecular weight excluding hydrogens is 310 g/mol. The zero-order valence-corrected chi connectivity index (χ0v) is 11.6. The third-order valence-electron chi connectivity index (χ3n) is 2.26. The number of esters is 1. The molecule has 0 saturated heterocycles. The second kappa shape index (κ2) is 6.68. The van der Waals surface area contributed by atoms with Gasteiger partial charge in [0.25, 0.3) is 0 Å². The van der Waals surface area contributed by atoms with Gasteiger partial charge < -0.3 is 9.47 Å². The molecule has 0 aromatic heterocycles. The molecule has 0 unspecified atom stereocenters. The highest BCUT2D eigenvalue weighted by Gasteiger charge is 2.16. The van der Waals surface area contributed by atoms with Gasteiger partial charge in [-0.05, 0) is 31.5 Å². The number of halogens is 3. The van der Waals surface area contributed by atoms with Crippen molar-refractivity contribution in [1.29, 1.82) is 0 Å². The molecule has 1 aromatic rings. The molecule has 18 heavy (non-hydrogen) atoms. The first kappa shape index (κ1) is 14.9. The van der Waals surface area contributed by atoms with Crippen molar-refractivity contribution in [2.75, 3.05) is 6.61 Å². The highest BCUT2D eigenvalue weighted by atomic mass is 79.9. The summed E-state index contributed by atoms with van der Waals surface area (Å²) in [7, 11) is 0. The Morgan fingerprint density at radius 3 is 2.61 bits per heavy atom. The standard InChI is InChI=1S/C12H13BrF2O3/c1-3-17-11(16)9-5-8(6-13)10(4-7(9)2)18-12(14)15/h4-5,12H,3,6H2,1-2H3. The van der Waals surface area contributed by atoms with E-state index in [-0.39, 0.29) is 12.4 Å². The Hall–Kier alpha value is -1.17. The van der Waals surface area contributed by atoms with Crippen molar-refractivity contribution < 1.29 is 23.0 Å². The van der Waals surface area contributed by atoms with Crippen molar-refractivity contribution in [1.82, 2.24) is 0 Å². The number of alkyl halides is 3. The van der Waals surface area contributed by atoms with Crippen LogP contribution in [-0.2, 0) is 10.1 Å². The number of carbonyl (C=O) groups excluding carboxylic acids is 1. The van der Waals surface area contributed by atoms with Crippen LogP contribution in [0.25, 0.3) is 0 Å². The van der Waals surface area contributed by atoms with E-state index in [9.17, 15) is 13.6 Å². The number of rotatable bonds is 5. The molecule has 0 N–H and O–H groups in total. The summed E-state index contributed by atoms with van der Waals surface area (Å²) < 4.78 is 33.7. The first-order chi connectivity index (χ1) is 8.49. The first-order valence-corrected chi connectivity index (χ1v) is 6.43. The lowest BCUT2D eigenvalue weighted by molar-refractivity contribution is -0.0503. The Morgan fingerprint density at radius 1 is 1.44 bits per heavy atom. The molecule has 3 nitrogen and oxygen atoms in total. The highest BCUT2D eigenvalue weighted by molar-refractivity contribution is 9.08. The van der Waals surface area contributed by atoms with E-state index in [0.29, 0.717) is 22.0 Å². The predicted octanol–water partition coefficient (Wildman–Crippen LogP) is 3.67. The van der Waals surface area contributed by atoms with Crippen LogP contribution in [0, 0.1) is 6.92 Å². The number of aryl methyl sites for hydroxylation is 1. The zero-order chi connectivity index (χ0) is 13.7. The van der Waals surface area contributed by atoms with Gasteiger partial charge in [-0.15, -0.1) is 0 Å². The Kier molecular flexibility index (Phi) is 5.53. The summed E-state index contributed by atoms with van der Waals surface area (Å²) in [5, 5.41) is 0.307. The SMILES string of the molecule is CCOC(=O)c1cc(CBr)c(OC(F)F)cc1C. The van der Waals surface area contributed by atoms with Gasteiger partial charge in [-0.3, -0.25) is 0 Å². The summed E-state index contributed by atoms with van der Waals surface area (Å²) in [5.41, 5.74) is 1.37. The van der Waals surface area contributed by atoms with Gasteiger partial charge in [0.2, 0.25) is 0 Å². The minimum Gasteiger partial charge on any atom is -0.462 e. The molecule has 0 heterocycles. The number of carbonyl (C=O) groups is 1. The molecular formula is C12H13BrF2O3. The van der Waals surface area contributed by atoms with Crippen LogP contribution in [0.3, 0.4) is 0 Å².